The molecule has 6 heteroatoms. The minimum absolute atomic E-state index is 0.449. The fourth-order valence-electron chi connectivity index (χ4n) is 4.39. The summed E-state index contributed by atoms with van der Waals surface area (Å²) in [4.78, 5) is 6.12. The molecule has 1 heterocycles. The van der Waals surface area contributed by atoms with Gasteiger partial charge in [0.2, 0.25) is 5.75 Å². The largest absolute Gasteiger partial charge is 0.493 e. The summed E-state index contributed by atoms with van der Waals surface area (Å²) in [5, 5.41) is 2.20. The molecule has 0 amide bonds. The van der Waals surface area contributed by atoms with Crippen molar-refractivity contribution in [2.75, 3.05) is 21.3 Å². The van der Waals surface area contributed by atoms with Gasteiger partial charge in [-0.1, -0.05) is 30.5 Å². The predicted molar refractivity (Wildman–Crippen MR) is 126 cm³/mol. The second kappa shape index (κ2) is 9.18. The van der Waals surface area contributed by atoms with Crippen molar-refractivity contribution in [2.45, 2.75) is 45.6 Å². The molecule has 1 saturated carbocycles. The fraction of sp³-hybridized carbons (Fsp3) is 0.400. The van der Waals surface area contributed by atoms with Crippen LogP contribution in [-0.4, -0.2) is 25.9 Å². The van der Waals surface area contributed by atoms with Gasteiger partial charge in [-0.15, -0.1) is 11.3 Å². The maximum Gasteiger partial charge on any atom is 0.203 e. The molecule has 0 unspecified atom stereocenters. The van der Waals surface area contributed by atoms with Crippen molar-refractivity contribution in [3.8, 4) is 28.5 Å². The molecule has 0 spiro atoms. The summed E-state index contributed by atoms with van der Waals surface area (Å²) in [7, 11) is 4.94. The van der Waals surface area contributed by atoms with Gasteiger partial charge in [-0.2, -0.15) is 0 Å². The summed E-state index contributed by atoms with van der Waals surface area (Å²) in [5.74, 6) is 1.93. The Morgan fingerprint density at radius 3 is 2.19 bits per heavy atom. The second-order valence-electron chi connectivity index (χ2n) is 8.03. The van der Waals surface area contributed by atoms with Crippen LogP contribution in [0.5, 0.6) is 17.2 Å². The van der Waals surface area contributed by atoms with Crippen LogP contribution in [-0.2, 0) is 0 Å². The maximum atomic E-state index is 5.60. The van der Waals surface area contributed by atoms with E-state index in [1.807, 2.05) is 12.1 Å². The highest BCUT2D eigenvalue weighted by Gasteiger charge is 2.23. The van der Waals surface area contributed by atoms with Gasteiger partial charge in [-0.25, -0.2) is 4.99 Å². The van der Waals surface area contributed by atoms with Crippen LogP contribution in [0, 0.1) is 13.8 Å². The van der Waals surface area contributed by atoms with Crippen molar-refractivity contribution < 1.29 is 14.2 Å². The van der Waals surface area contributed by atoms with Gasteiger partial charge < -0.3 is 18.8 Å². The Bertz CT molecular complexity index is 1110. The molecule has 1 aromatic heterocycles. The maximum absolute atomic E-state index is 5.60. The lowest BCUT2D eigenvalue weighted by Crippen LogP contribution is -2.20. The number of nitrogens with zero attached hydrogens (tertiary/aromatic N) is 2. The minimum atomic E-state index is 0.449. The lowest BCUT2D eigenvalue weighted by Gasteiger charge is -2.18. The molecule has 164 valence electrons. The van der Waals surface area contributed by atoms with E-state index in [-0.39, 0.29) is 0 Å². The van der Waals surface area contributed by atoms with Crippen LogP contribution in [0.4, 0.5) is 5.69 Å². The first-order chi connectivity index (χ1) is 15.0. The number of hydrogen-bond donors (Lipinski definition) is 0. The molecule has 0 saturated heterocycles. The van der Waals surface area contributed by atoms with Crippen molar-refractivity contribution in [1.82, 2.24) is 4.57 Å². The van der Waals surface area contributed by atoms with E-state index in [0.717, 1.165) is 21.7 Å². The molecule has 0 N–H and O–H groups in total. The van der Waals surface area contributed by atoms with Gasteiger partial charge in [0.15, 0.2) is 16.3 Å². The SMILES string of the molecule is COc1cc(-c2csc(=Nc3ccc(C)cc3C)n2C2CCCC2)cc(OC)c1OC. The van der Waals surface area contributed by atoms with Gasteiger partial charge in [0, 0.05) is 17.0 Å². The van der Waals surface area contributed by atoms with Crippen LogP contribution >= 0.6 is 11.3 Å². The summed E-state index contributed by atoms with van der Waals surface area (Å²) < 4.78 is 19.1. The fourth-order valence-corrected chi connectivity index (χ4v) is 5.37. The molecule has 0 bridgehead atoms. The first kappa shape index (κ1) is 21.5. The van der Waals surface area contributed by atoms with Gasteiger partial charge in [0.05, 0.1) is 32.7 Å². The molecule has 1 aliphatic rings. The smallest absolute Gasteiger partial charge is 0.203 e. The third-order valence-electron chi connectivity index (χ3n) is 5.96. The standard InChI is InChI=1S/C25H30N2O3S/c1-16-10-11-20(17(2)12-16)26-25-27(19-8-6-7-9-19)21(15-31-25)18-13-22(28-3)24(30-5)23(14-18)29-4/h10-15,19H,6-9H2,1-5H3. The Hall–Kier alpha value is -2.73. The van der Waals surface area contributed by atoms with Gasteiger partial charge in [0.25, 0.3) is 0 Å². The zero-order chi connectivity index (χ0) is 22.0. The average Bonchev–Trinajstić information content (AvgIpc) is 3.44. The van der Waals surface area contributed by atoms with E-state index >= 15 is 0 Å². The van der Waals surface area contributed by atoms with E-state index in [1.165, 1.54) is 36.8 Å². The second-order valence-corrected chi connectivity index (χ2v) is 8.86. The van der Waals surface area contributed by atoms with E-state index in [1.54, 1.807) is 32.7 Å². The molecule has 4 rings (SSSR count). The van der Waals surface area contributed by atoms with Crippen LogP contribution in [0.1, 0.15) is 42.9 Å². The third-order valence-corrected chi connectivity index (χ3v) is 6.80. The van der Waals surface area contributed by atoms with Crippen molar-refractivity contribution >= 4 is 17.0 Å². The number of aromatic nitrogens is 1. The van der Waals surface area contributed by atoms with Crippen molar-refractivity contribution in [3.63, 3.8) is 0 Å². The van der Waals surface area contributed by atoms with Gasteiger partial charge in [0.1, 0.15) is 0 Å². The Balaban J connectivity index is 1.91. The highest BCUT2D eigenvalue weighted by molar-refractivity contribution is 7.07. The summed E-state index contributed by atoms with van der Waals surface area (Å²) in [6.07, 6.45) is 4.86. The van der Waals surface area contributed by atoms with E-state index in [2.05, 4.69) is 42.0 Å². The predicted octanol–water partition coefficient (Wildman–Crippen LogP) is 6.21. The normalized spacial score (nSPS) is 14.8. The summed E-state index contributed by atoms with van der Waals surface area (Å²) in [6.45, 7) is 4.24. The van der Waals surface area contributed by atoms with Gasteiger partial charge >= 0.3 is 0 Å². The molecular weight excluding hydrogens is 408 g/mol. The highest BCUT2D eigenvalue weighted by atomic mass is 32.1. The molecule has 5 nitrogen and oxygen atoms in total. The van der Waals surface area contributed by atoms with E-state index in [9.17, 15) is 0 Å². The topological polar surface area (TPSA) is 45.0 Å². The Morgan fingerprint density at radius 2 is 1.61 bits per heavy atom. The zero-order valence-electron chi connectivity index (χ0n) is 18.9. The van der Waals surface area contributed by atoms with Crippen molar-refractivity contribution in [3.05, 3.63) is 51.6 Å². The number of benzene rings is 2. The Labute approximate surface area is 187 Å². The van der Waals surface area contributed by atoms with Crippen LogP contribution < -0.4 is 19.0 Å². The van der Waals surface area contributed by atoms with Crippen LogP contribution in [0.2, 0.25) is 0 Å². The van der Waals surface area contributed by atoms with E-state index in [0.29, 0.717) is 23.3 Å². The summed E-state index contributed by atoms with van der Waals surface area (Å²) in [6, 6.07) is 10.9. The average molecular weight is 439 g/mol. The lowest BCUT2D eigenvalue weighted by molar-refractivity contribution is 0.324. The van der Waals surface area contributed by atoms with Crippen molar-refractivity contribution in [2.24, 2.45) is 4.99 Å². The Kier molecular flexibility index (Phi) is 6.37. The van der Waals surface area contributed by atoms with E-state index < -0.39 is 0 Å². The number of ether oxygens (including phenoxy) is 3. The first-order valence-electron chi connectivity index (χ1n) is 10.7. The zero-order valence-corrected chi connectivity index (χ0v) is 19.7. The van der Waals surface area contributed by atoms with Gasteiger partial charge in [-0.05, 0) is 50.5 Å². The summed E-state index contributed by atoms with van der Waals surface area (Å²) >= 11 is 1.69. The first-order valence-corrected chi connectivity index (χ1v) is 11.6. The molecule has 31 heavy (non-hydrogen) atoms. The quantitative estimate of drug-likeness (QED) is 0.460. The van der Waals surface area contributed by atoms with E-state index in [4.69, 9.17) is 19.2 Å². The minimum Gasteiger partial charge on any atom is -0.493 e. The molecule has 3 aromatic rings. The Morgan fingerprint density at radius 1 is 0.935 bits per heavy atom. The monoisotopic (exact) mass is 438 g/mol. The third kappa shape index (κ3) is 4.22. The number of aryl methyl sites for hydroxylation is 2. The molecule has 0 radical (unpaired) electrons. The van der Waals surface area contributed by atoms with Crippen LogP contribution in [0.25, 0.3) is 11.3 Å². The molecule has 2 aromatic carbocycles. The summed E-state index contributed by atoms with van der Waals surface area (Å²) in [5.41, 5.74) is 5.65. The number of thiazole rings is 1. The molecule has 0 atom stereocenters. The number of hydrogen-bond acceptors (Lipinski definition) is 5. The molecule has 0 aliphatic heterocycles. The molecular formula is C25H30N2O3S. The van der Waals surface area contributed by atoms with Crippen LogP contribution in [0.15, 0.2) is 40.7 Å². The van der Waals surface area contributed by atoms with Crippen LogP contribution in [0.3, 0.4) is 0 Å². The number of methoxy groups -OCH3 is 3. The van der Waals surface area contributed by atoms with Crippen molar-refractivity contribution in [1.29, 1.82) is 0 Å². The molecule has 1 aliphatic carbocycles. The highest BCUT2D eigenvalue weighted by Crippen LogP contribution is 2.42. The number of rotatable bonds is 6. The molecule has 1 fully saturated rings. The lowest BCUT2D eigenvalue weighted by atomic mass is 10.1. The van der Waals surface area contributed by atoms with Gasteiger partial charge in [-0.3, -0.25) is 0 Å².